The van der Waals surface area contributed by atoms with Crippen LogP contribution in [0.4, 0.5) is 0 Å². The van der Waals surface area contributed by atoms with Crippen LogP contribution in [0.25, 0.3) is 0 Å². The minimum Gasteiger partial charge on any atom is -0.389 e. The van der Waals surface area contributed by atoms with Gasteiger partial charge in [0.25, 0.3) is 0 Å². The smallest absolute Gasteiger partial charge is 0.191 e. The summed E-state index contributed by atoms with van der Waals surface area (Å²) in [6.07, 6.45) is -0.667. The van der Waals surface area contributed by atoms with E-state index in [1.165, 1.54) is 0 Å². The summed E-state index contributed by atoms with van der Waals surface area (Å²) < 4.78 is 11.3. The van der Waals surface area contributed by atoms with Crippen LogP contribution in [-0.4, -0.2) is 80.2 Å². The zero-order valence-electron chi connectivity index (χ0n) is 18.4. The van der Waals surface area contributed by atoms with Crippen LogP contribution >= 0.6 is 0 Å². The molecule has 0 radical (unpaired) electrons. The Balaban J connectivity index is 1.78. The third-order valence-corrected chi connectivity index (χ3v) is 5.15. The Bertz CT molecular complexity index is 603. The zero-order valence-corrected chi connectivity index (χ0v) is 18.4. The third-order valence-electron chi connectivity index (χ3n) is 5.15. The average Bonchev–Trinajstić information content (AvgIpc) is 2.75. The molecule has 0 spiro atoms. The van der Waals surface area contributed by atoms with Gasteiger partial charge in [0.05, 0.1) is 38.6 Å². The lowest BCUT2D eigenvalue weighted by molar-refractivity contribution is -0.00691. The number of hydrogen-bond acceptors (Lipinski definition) is 5. The fourth-order valence-electron chi connectivity index (χ4n) is 3.23. The molecule has 1 aliphatic heterocycles. The van der Waals surface area contributed by atoms with Crippen molar-refractivity contribution in [1.29, 1.82) is 0 Å². The van der Waals surface area contributed by atoms with Gasteiger partial charge in [0, 0.05) is 31.7 Å². The molecule has 0 amide bonds. The summed E-state index contributed by atoms with van der Waals surface area (Å²) >= 11 is 0. The average molecular weight is 407 g/mol. The first-order chi connectivity index (χ1) is 13.9. The van der Waals surface area contributed by atoms with Gasteiger partial charge in [-0.1, -0.05) is 30.3 Å². The molecule has 0 aliphatic carbocycles. The summed E-state index contributed by atoms with van der Waals surface area (Å²) in [5, 5.41) is 16.8. The van der Waals surface area contributed by atoms with Crippen molar-refractivity contribution in [3.63, 3.8) is 0 Å². The quantitative estimate of drug-likeness (QED) is 0.406. The Morgan fingerprint density at radius 2 is 1.93 bits per heavy atom. The highest BCUT2D eigenvalue weighted by molar-refractivity contribution is 5.79. The highest BCUT2D eigenvalue weighted by atomic mass is 16.5. The minimum atomic E-state index is -0.614. The largest absolute Gasteiger partial charge is 0.389 e. The van der Waals surface area contributed by atoms with E-state index in [-0.39, 0.29) is 18.2 Å². The van der Waals surface area contributed by atoms with Crippen LogP contribution in [0, 0.1) is 0 Å². The fourth-order valence-corrected chi connectivity index (χ4v) is 3.23. The Hall–Kier alpha value is -1.67. The lowest BCUT2D eigenvalue weighted by Crippen LogP contribution is -2.52. The summed E-state index contributed by atoms with van der Waals surface area (Å²) in [5.74, 6) is 0.712. The first kappa shape index (κ1) is 23.6. The van der Waals surface area contributed by atoms with Gasteiger partial charge in [-0.25, -0.2) is 0 Å². The van der Waals surface area contributed by atoms with Crippen molar-refractivity contribution >= 4 is 5.96 Å². The van der Waals surface area contributed by atoms with Crippen LogP contribution in [0.2, 0.25) is 0 Å². The van der Waals surface area contributed by atoms with E-state index >= 15 is 0 Å². The Morgan fingerprint density at radius 3 is 2.59 bits per heavy atom. The summed E-state index contributed by atoms with van der Waals surface area (Å²) in [6, 6.07) is 10.0. The molecule has 2 atom stereocenters. The molecule has 164 valence electrons. The number of guanidine groups is 1. The summed E-state index contributed by atoms with van der Waals surface area (Å²) in [7, 11) is 0. The second kappa shape index (κ2) is 12.1. The number of aliphatic hydroxyl groups is 1. The maximum Gasteiger partial charge on any atom is 0.191 e. The number of rotatable bonds is 10. The van der Waals surface area contributed by atoms with Gasteiger partial charge in [0.1, 0.15) is 0 Å². The molecule has 1 aliphatic rings. The lowest BCUT2D eigenvalue weighted by atomic mass is 10.0. The van der Waals surface area contributed by atoms with Gasteiger partial charge < -0.3 is 25.2 Å². The second-order valence-corrected chi connectivity index (χ2v) is 8.03. The molecular weight excluding hydrogens is 368 g/mol. The number of morpholine rings is 1. The zero-order chi connectivity index (χ0) is 21.1. The third kappa shape index (κ3) is 8.30. The Kier molecular flexibility index (Phi) is 9.87. The molecule has 1 fully saturated rings. The van der Waals surface area contributed by atoms with Crippen molar-refractivity contribution in [1.82, 2.24) is 15.5 Å². The lowest BCUT2D eigenvalue weighted by Gasteiger charge is -2.39. The van der Waals surface area contributed by atoms with E-state index in [9.17, 15) is 5.11 Å². The second-order valence-electron chi connectivity index (χ2n) is 8.03. The molecule has 7 heteroatoms. The van der Waals surface area contributed by atoms with Gasteiger partial charge in [-0.3, -0.25) is 9.89 Å². The maximum atomic E-state index is 10.3. The Morgan fingerprint density at radius 1 is 1.24 bits per heavy atom. The molecule has 1 aromatic carbocycles. The maximum absolute atomic E-state index is 10.3. The molecule has 3 N–H and O–H groups in total. The van der Waals surface area contributed by atoms with E-state index in [0.29, 0.717) is 19.0 Å². The van der Waals surface area contributed by atoms with Crippen LogP contribution in [0.1, 0.15) is 39.4 Å². The molecule has 1 aromatic rings. The van der Waals surface area contributed by atoms with Crippen molar-refractivity contribution in [2.24, 2.45) is 4.99 Å². The molecule has 0 bridgehead atoms. The molecule has 29 heavy (non-hydrogen) atoms. The van der Waals surface area contributed by atoms with Crippen LogP contribution in [0.15, 0.2) is 35.3 Å². The van der Waals surface area contributed by atoms with E-state index in [1.807, 2.05) is 44.2 Å². The van der Waals surface area contributed by atoms with E-state index in [1.54, 1.807) is 0 Å². The predicted molar refractivity (Wildman–Crippen MR) is 117 cm³/mol. The van der Waals surface area contributed by atoms with E-state index in [4.69, 9.17) is 14.5 Å². The Labute approximate surface area is 175 Å². The topological polar surface area (TPSA) is 78.4 Å². The van der Waals surface area contributed by atoms with Gasteiger partial charge in [-0.2, -0.15) is 0 Å². The molecule has 1 saturated heterocycles. The number of benzene rings is 1. The highest BCUT2D eigenvalue weighted by Crippen LogP contribution is 2.17. The molecule has 7 nitrogen and oxygen atoms in total. The summed E-state index contributed by atoms with van der Waals surface area (Å²) in [5.41, 5.74) is 1.06. The summed E-state index contributed by atoms with van der Waals surface area (Å²) in [6.45, 7) is 13.9. The molecular formula is C22H38N4O3. The van der Waals surface area contributed by atoms with Crippen LogP contribution in [0.5, 0.6) is 0 Å². The van der Waals surface area contributed by atoms with Crippen molar-refractivity contribution < 1.29 is 14.6 Å². The minimum absolute atomic E-state index is 0.0427. The van der Waals surface area contributed by atoms with Gasteiger partial charge in [-0.05, 0) is 33.3 Å². The van der Waals surface area contributed by atoms with Crippen LogP contribution in [-0.2, 0) is 9.47 Å². The van der Waals surface area contributed by atoms with Crippen molar-refractivity contribution in [2.75, 3.05) is 52.5 Å². The van der Waals surface area contributed by atoms with Crippen molar-refractivity contribution in [2.45, 2.75) is 45.4 Å². The molecule has 2 rings (SSSR count). The summed E-state index contributed by atoms with van der Waals surface area (Å²) in [4.78, 5) is 7.15. The van der Waals surface area contributed by atoms with E-state index in [2.05, 4.69) is 29.4 Å². The molecule has 0 saturated carbocycles. The highest BCUT2D eigenvalue weighted by Gasteiger charge is 2.28. The van der Waals surface area contributed by atoms with E-state index in [0.717, 1.165) is 38.4 Å². The fraction of sp³-hybridized carbons (Fsp3) is 0.682. The van der Waals surface area contributed by atoms with Crippen LogP contribution < -0.4 is 10.6 Å². The van der Waals surface area contributed by atoms with Gasteiger partial charge in [0.2, 0.25) is 0 Å². The van der Waals surface area contributed by atoms with Gasteiger partial charge in [0.15, 0.2) is 5.96 Å². The first-order valence-electron chi connectivity index (χ1n) is 10.6. The van der Waals surface area contributed by atoms with Crippen molar-refractivity contribution in [3.05, 3.63) is 35.9 Å². The monoisotopic (exact) mass is 406 g/mol. The molecule has 0 aromatic heterocycles. The molecule has 1 heterocycles. The number of nitrogens with one attached hydrogen (secondary N) is 2. The van der Waals surface area contributed by atoms with Crippen molar-refractivity contribution in [3.8, 4) is 0 Å². The SMILES string of the molecule is CCNC(=NCC(C)(C)N1CCOCC1)NCC(O)COC(C)c1ccccc1. The predicted octanol–water partition coefficient (Wildman–Crippen LogP) is 1.79. The van der Waals surface area contributed by atoms with E-state index < -0.39 is 6.10 Å². The number of hydrogen-bond donors (Lipinski definition) is 3. The normalized spacial score (nSPS) is 18.3. The number of nitrogens with zero attached hydrogens (tertiary/aromatic N) is 2. The first-order valence-corrected chi connectivity index (χ1v) is 10.6. The molecule has 2 unspecified atom stereocenters. The van der Waals surface area contributed by atoms with Crippen LogP contribution in [0.3, 0.4) is 0 Å². The number of aliphatic hydroxyl groups excluding tert-OH is 1. The van der Waals surface area contributed by atoms with Gasteiger partial charge in [-0.15, -0.1) is 0 Å². The number of aliphatic imine (C=N–C) groups is 1. The number of ether oxygens (including phenoxy) is 2. The standard InChI is InChI=1S/C22H38N4O3/c1-5-23-21(25-17-22(3,4)26-11-13-28-14-12-26)24-15-20(27)16-29-18(2)19-9-7-6-8-10-19/h6-10,18,20,27H,5,11-17H2,1-4H3,(H2,23,24,25). The van der Waals surface area contributed by atoms with Gasteiger partial charge >= 0.3 is 0 Å².